The summed E-state index contributed by atoms with van der Waals surface area (Å²) >= 11 is 2.85. The first kappa shape index (κ1) is 17.5. The molecule has 16 heavy (non-hydrogen) atoms. The van der Waals surface area contributed by atoms with Crippen LogP contribution in [0.3, 0.4) is 0 Å². The minimum absolute atomic E-state index is 0.244. The minimum Gasteiger partial charge on any atom is -0.480 e. The normalized spacial score (nSPS) is 9.81. The molecule has 0 bridgehead atoms. The topological polar surface area (TPSA) is 118 Å². The van der Waals surface area contributed by atoms with Gasteiger partial charge in [0.05, 0.1) is 13.1 Å². The zero-order chi connectivity index (χ0) is 13.1. The van der Waals surface area contributed by atoms with Crippen LogP contribution in [0.15, 0.2) is 11.0 Å². The first-order chi connectivity index (χ1) is 7.29. The molecule has 0 aromatic heterocycles. The smallest absolute Gasteiger partial charge is 0.480 e. The van der Waals surface area contributed by atoms with Gasteiger partial charge in [-0.2, -0.15) is 0 Å². The number of rotatable bonds is 5. The van der Waals surface area contributed by atoms with Crippen LogP contribution in [0.5, 0.6) is 0 Å². The molecule has 0 amide bonds. The van der Waals surface area contributed by atoms with Crippen LogP contribution < -0.4 is 0 Å². The maximum atomic E-state index is 9.96. The maximum absolute atomic E-state index is 9.96. The zero-order valence-corrected chi connectivity index (χ0v) is 10.2. The molecule has 0 aromatic rings. The minimum atomic E-state index is -1.33. The Morgan fingerprint density at radius 3 is 1.75 bits per heavy atom. The monoisotopic (exact) mass is 297 g/mol. The Balaban J connectivity index is 0. The van der Waals surface area contributed by atoms with Gasteiger partial charge in [-0.25, -0.2) is 0 Å². The van der Waals surface area contributed by atoms with E-state index in [-0.39, 0.29) is 13.1 Å². The van der Waals surface area contributed by atoms with E-state index in [1.165, 1.54) is 22.9 Å². The molecule has 0 rings (SSSR count). The van der Waals surface area contributed by atoms with Gasteiger partial charge >= 0.3 is 19.1 Å². The van der Waals surface area contributed by atoms with Crippen molar-refractivity contribution in [2.45, 2.75) is 0 Å². The molecule has 92 valence electrons. The van der Waals surface area contributed by atoms with Crippen LogP contribution in [0.4, 0.5) is 0 Å². The molecule has 0 radical (unpaired) electrons. The number of hydrogen-bond donors (Lipinski definition) is 4. The van der Waals surface area contributed by atoms with E-state index < -0.39 is 19.1 Å². The standard InChI is InChI=1S/C5H9NO4.C2H4BBrO2/c1-6(2-4(7)8)3-5(9)10;4-2-1-3(5)6/h2-3H2,1H3,(H,7,8)(H,9,10);1-2,5-6H/b;2-1+. The van der Waals surface area contributed by atoms with Crippen LogP contribution in [0.25, 0.3) is 0 Å². The summed E-state index contributed by atoms with van der Waals surface area (Å²) in [5, 5.41) is 32.3. The summed E-state index contributed by atoms with van der Waals surface area (Å²) in [6.45, 7) is -0.488. The van der Waals surface area contributed by atoms with Gasteiger partial charge in [0, 0.05) is 0 Å². The lowest BCUT2D eigenvalue weighted by molar-refractivity contribution is -0.141. The highest BCUT2D eigenvalue weighted by molar-refractivity contribution is 9.11. The second-order valence-electron chi connectivity index (χ2n) is 2.69. The largest absolute Gasteiger partial charge is 0.481 e. The molecule has 0 aromatic carbocycles. The summed E-state index contributed by atoms with van der Waals surface area (Å²) in [5.41, 5.74) is 0. The Kier molecular flexibility index (Phi) is 11.6. The number of carbonyl (C=O) groups is 2. The second-order valence-corrected chi connectivity index (χ2v) is 3.22. The van der Waals surface area contributed by atoms with Crippen molar-refractivity contribution in [2.24, 2.45) is 0 Å². The van der Waals surface area contributed by atoms with Gasteiger partial charge in [0.25, 0.3) is 0 Å². The molecule has 0 saturated heterocycles. The quantitative estimate of drug-likeness (QED) is 0.480. The molecule has 0 aliphatic rings. The third-order valence-corrected chi connectivity index (χ3v) is 1.36. The van der Waals surface area contributed by atoms with Crippen molar-refractivity contribution >= 4 is 35.0 Å². The van der Waals surface area contributed by atoms with E-state index in [2.05, 4.69) is 15.9 Å². The van der Waals surface area contributed by atoms with Crippen molar-refractivity contribution in [3.8, 4) is 0 Å². The van der Waals surface area contributed by atoms with Crippen molar-refractivity contribution in [2.75, 3.05) is 20.1 Å². The molecular weight excluding hydrogens is 285 g/mol. The summed E-state index contributed by atoms with van der Waals surface area (Å²) in [5.74, 6) is -0.854. The number of carboxylic acids is 2. The Bertz CT molecular complexity index is 231. The molecule has 0 aliphatic carbocycles. The molecule has 0 spiro atoms. The van der Waals surface area contributed by atoms with Crippen molar-refractivity contribution in [3.05, 3.63) is 11.0 Å². The zero-order valence-electron chi connectivity index (χ0n) is 8.58. The second kappa shape index (κ2) is 10.6. The number of hydrogen-bond acceptors (Lipinski definition) is 5. The molecule has 4 N–H and O–H groups in total. The van der Waals surface area contributed by atoms with Crippen molar-refractivity contribution in [1.29, 1.82) is 0 Å². The summed E-state index contributed by atoms with van der Waals surface area (Å²) in [6.07, 6.45) is 0. The van der Waals surface area contributed by atoms with Gasteiger partial charge in [0.2, 0.25) is 0 Å². The number of likely N-dealkylation sites (N-methyl/N-ethyl adjacent to an activating group) is 1. The Morgan fingerprint density at radius 1 is 1.25 bits per heavy atom. The van der Waals surface area contributed by atoms with E-state index in [0.29, 0.717) is 0 Å². The SMILES string of the molecule is CN(CC(=O)O)CC(=O)O.OB(O)/C=C/Br. The van der Waals surface area contributed by atoms with E-state index in [0.717, 1.165) is 0 Å². The van der Waals surface area contributed by atoms with Gasteiger partial charge in [-0.05, 0) is 18.0 Å². The van der Waals surface area contributed by atoms with E-state index >= 15 is 0 Å². The molecule has 0 aliphatic heterocycles. The fourth-order valence-electron chi connectivity index (χ4n) is 0.583. The first-order valence-corrected chi connectivity index (χ1v) is 4.96. The van der Waals surface area contributed by atoms with Gasteiger partial charge in [0.15, 0.2) is 0 Å². The van der Waals surface area contributed by atoms with Crippen LogP contribution in [0.2, 0.25) is 0 Å². The summed E-state index contributed by atoms with van der Waals surface area (Å²) in [6, 6.07) is 0. The first-order valence-electron chi connectivity index (χ1n) is 4.04. The fourth-order valence-corrected chi connectivity index (χ4v) is 0.856. The molecular formula is C7H13BBrNO6. The molecule has 0 atom stereocenters. The van der Waals surface area contributed by atoms with Gasteiger partial charge in [-0.1, -0.05) is 15.9 Å². The fraction of sp³-hybridized carbons (Fsp3) is 0.429. The Labute approximate surface area is 101 Å². The van der Waals surface area contributed by atoms with Gasteiger partial charge in [0.1, 0.15) is 0 Å². The number of halogens is 1. The Hall–Kier alpha value is -0.895. The molecule has 0 heterocycles. The predicted molar refractivity (Wildman–Crippen MR) is 61.0 cm³/mol. The van der Waals surface area contributed by atoms with Crippen LogP contribution in [-0.4, -0.2) is 64.4 Å². The van der Waals surface area contributed by atoms with E-state index in [9.17, 15) is 9.59 Å². The molecule has 0 fully saturated rings. The lowest BCUT2D eigenvalue weighted by Gasteiger charge is -2.08. The van der Waals surface area contributed by atoms with Crippen molar-refractivity contribution in [1.82, 2.24) is 4.90 Å². The highest BCUT2D eigenvalue weighted by Crippen LogP contribution is 1.81. The highest BCUT2D eigenvalue weighted by Gasteiger charge is 2.06. The van der Waals surface area contributed by atoms with Crippen molar-refractivity contribution < 1.29 is 29.9 Å². The number of carboxylic acid groups (broad SMARTS) is 2. The van der Waals surface area contributed by atoms with E-state index in [1.807, 2.05) is 0 Å². The van der Waals surface area contributed by atoms with Crippen LogP contribution in [0, 0.1) is 0 Å². The van der Waals surface area contributed by atoms with Gasteiger partial charge < -0.3 is 20.3 Å². The van der Waals surface area contributed by atoms with Gasteiger partial charge in [-0.15, -0.1) is 0 Å². The lowest BCUT2D eigenvalue weighted by Crippen LogP contribution is -2.30. The van der Waals surface area contributed by atoms with Gasteiger partial charge in [-0.3, -0.25) is 14.5 Å². The number of nitrogens with zero attached hydrogens (tertiary/aromatic N) is 1. The van der Waals surface area contributed by atoms with Crippen LogP contribution in [0.1, 0.15) is 0 Å². The van der Waals surface area contributed by atoms with E-state index in [1.54, 1.807) is 0 Å². The third kappa shape index (κ3) is 18.8. The summed E-state index contributed by atoms with van der Waals surface area (Å²) in [7, 11) is 0.103. The predicted octanol–water partition coefficient (Wildman–Crippen LogP) is -1.01. The summed E-state index contributed by atoms with van der Waals surface area (Å²) in [4.78, 5) is 22.5. The summed E-state index contributed by atoms with van der Waals surface area (Å²) < 4.78 is 0. The van der Waals surface area contributed by atoms with Crippen LogP contribution in [-0.2, 0) is 9.59 Å². The molecule has 7 nitrogen and oxygen atoms in total. The lowest BCUT2D eigenvalue weighted by atomic mass is 9.94. The Morgan fingerprint density at radius 2 is 1.62 bits per heavy atom. The highest BCUT2D eigenvalue weighted by atomic mass is 79.9. The van der Waals surface area contributed by atoms with E-state index in [4.69, 9.17) is 20.3 Å². The molecule has 9 heteroatoms. The van der Waals surface area contributed by atoms with Crippen molar-refractivity contribution in [3.63, 3.8) is 0 Å². The molecule has 0 saturated carbocycles. The average molecular weight is 298 g/mol. The average Bonchev–Trinajstić information content (AvgIpc) is 2.00. The maximum Gasteiger partial charge on any atom is 0.481 e. The third-order valence-electron chi connectivity index (χ3n) is 1.06. The molecule has 0 unspecified atom stereocenters. The number of aliphatic carboxylic acids is 2. The van der Waals surface area contributed by atoms with Crippen LogP contribution >= 0.6 is 15.9 Å².